The van der Waals surface area contributed by atoms with Gasteiger partial charge >= 0.3 is 13.8 Å². The topological polar surface area (TPSA) is 107 Å². The van der Waals surface area contributed by atoms with E-state index in [9.17, 15) is 23.8 Å². The molecule has 0 amide bonds. The van der Waals surface area contributed by atoms with Crippen molar-refractivity contribution in [2.75, 3.05) is 0 Å². The lowest BCUT2D eigenvalue weighted by molar-refractivity contribution is -0.145. The fourth-order valence-electron chi connectivity index (χ4n) is 1.43. The highest BCUT2D eigenvalue weighted by Crippen LogP contribution is 2.49. The van der Waals surface area contributed by atoms with E-state index in [2.05, 4.69) is 24.3 Å². The van der Waals surface area contributed by atoms with Gasteiger partial charge in [-0.15, -0.1) is 0 Å². The molecule has 7 nitrogen and oxygen atoms in total. The van der Waals surface area contributed by atoms with Crippen molar-refractivity contribution in [3.05, 3.63) is 36.5 Å². The van der Waals surface area contributed by atoms with Crippen molar-refractivity contribution >= 4 is 25.4 Å². The van der Waals surface area contributed by atoms with Gasteiger partial charge < -0.3 is 4.52 Å². The van der Waals surface area contributed by atoms with Crippen LogP contribution in [0.3, 0.4) is 0 Å². The predicted molar refractivity (Wildman–Crippen MR) is 79.9 cm³/mol. The Morgan fingerprint density at radius 2 is 1.32 bits per heavy atom. The number of hydrogen-bond acceptors (Lipinski definition) is 6. The molecule has 0 aromatic rings. The Morgan fingerprint density at radius 1 is 0.955 bits per heavy atom. The number of hydrogen-bond donors (Lipinski definition) is 1. The van der Waals surface area contributed by atoms with Gasteiger partial charge in [0.25, 0.3) is 0 Å². The van der Waals surface area contributed by atoms with Gasteiger partial charge in [0.15, 0.2) is 11.6 Å². The van der Waals surface area contributed by atoms with Crippen LogP contribution in [0.2, 0.25) is 0 Å². The van der Waals surface area contributed by atoms with Gasteiger partial charge in [0.05, 0.1) is 0 Å². The summed E-state index contributed by atoms with van der Waals surface area (Å²) in [5.41, 5.74) is -2.69. The van der Waals surface area contributed by atoms with Gasteiger partial charge in [0.2, 0.25) is 5.60 Å². The second-order valence-corrected chi connectivity index (χ2v) is 6.27. The van der Waals surface area contributed by atoms with Crippen molar-refractivity contribution in [2.24, 2.45) is 0 Å². The molecule has 0 fully saturated rings. The lowest BCUT2D eigenvalue weighted by Gasteiger charge is -2.28. The molecule has 0 aliphatic heterocycles. The largest absolute Gasteiger partial charge is 0.531 e. The smallest absolute Gasteiger partial charge is 0.367 e. The molecule has 1 N–H and O–H groups in total. The Morgan fingerprint density at radius 3 is 1.59 bits per heavy atom. The summed E-state index contributed by atoms with van der Waals surface area (Å²) in [6.45, 7) is 14.8. The van der Waals surface area contributed by atoms with Crippen molar-refractivity contribution in [1.82, 2.24) is 0 Å². The highest BCUT2D eigenvalue weighted by atomic mass is 31.2. The Kier molecular flexibility index (Phi) is 6.38. The fourth-order valence-corrected chi connectivity index (χ4v) is 2.46. The molecule has 0 radical (unpaired) electrons. The van der Waals surface area contributed by atoms with E-state index >= 15 is 0 Å². The average Bonchev–Trinajstić information content (AvgIpc) is 2.34. The van der Waals surface area contributed by atoms with Crippen LogP contribution in [0, 0.1) is 0 Å². The molecule has 0 saturated carbocycles. The number of Topliss-reactive ketones (excluding diaryl/α,β-unsaturated/α-hetero) is 2. The molecule has 0 spiro atoms. The quantitative estimate of drug-likeness (QED) is 0.413. The number of phosphoric acid groups is 1. The molecule has 0 aliphatic carbocycles. The number of ketones is 2. The van der Waals surface area contributed by atoms with Crippen LogP contribution in [0.1, 0.15) is 27.7 Å². The van der Waals surface area contributed by atoms with Crippen molar-refractivity contribution < 1.29 is 32.9 Å². The molecule has 0 heterocycles. The molecular formula is C14H19O7P. The van der Waals surface area contributed by atoms with Gasteiger partial charge in [-0.1, -0.05) is 19.7 Å². The standard InChI is InChI=1S/C14H19O7P/c1-8(2)11(15)14(7,12(16)9(3)4)21-22(18,19)20-13(17)10(5)6/h1,3,5H2,2,4,6-7H3,(H,18,19). The molecular weight excluding hydrogens is 311 g/mol. The van der Waals surface area contributed by atoms with Crippen LogP contribution in [-0.2, 0) is 28.0 Å². The monoisotopic (exact) mass is 330 g/mol. The molecule has 0 bridgehead atoms. The summed E-state index contributed by atoms with van der Waals surface area (Å²) in [6, 6.07) is 0. The second kappa shape index (κ2) is 6.96. The van der Waals surface area contributed by atoms with Crippen LogP contribution in [0.4, 0.5) is 0 Å². The minimum absolute atomic E-state index is 0.0803. The van der Waals surface area contributed by atoms with Gasteiger partial charge in [0, 0.05) is 5.57 Å². The molecule has 8 heteroatoms. The van der Waals surface area contributed by atoms with E-state index in [1.807, 2.05) is 0 Å². The molecule has 0 rings (SSSR count). The van der Waals surface area contributed by atoms with E-state index in [1.165, 1.54) is 20.8 Å². The minimum atomic E-state index is -5.05. The van der Waals surface area contributed by atoms with Crippen molar-refractivity contribution in [1.29, 1.82) is 0 Å². The van der Waals surface area contributed by atoms with Crippen molar-refractivity contribution in [2.45, 2.75) is 33.3 Å². The summed E-state index contributed by atoms with van der Waals surface area (Å²) < 4.78 is 20.8. The summed E-state index contributed by atoms with van der Waals surface area (Å²) in [5, 5.41) is 0. The van der Waals surface area contributed by atoms with Gasteiger partial charge in [0.1, 0.15) is 0 Å². The number of rotatable bonds is 8. The third-order valence-corrected chi connectivity index (χ3v) is 3.48. The van der Waals surface area contributed by atoms with Crippen LogP contribution in [0.25, 0.3) is 0 Å². The molecule has 122 valence electrons. The summed E-state index contributed by atoms with van der Waals surface area (Å²) in [7, 11) is -5.05. The first-order valence-corrected chi connectivity index (χ1v) is 7.57. The van der Waals surface area contributed by atoms with E-state index < -0.39 is 31.0 Å². The van der Waals surface area contributed by atoms with Gasteiger partial charge in [-0.25, -0.2) is 9.36 Å². The average molecular weight is 330 g/mol. The minimum Gasteiger partial charge on any atom is -0.367 e. The van der Waals surface area contributed by atoms with E-state index in [0.717, 1.165) is 6.92 Å². The Balaban J connectivity index is 5.71. The summed E-state index contributed by atoms with van der Waals surface area (Å²) in [6.07, 6.45) is 0. The van der Waals surface area contributed by atoms with Gasteiger partial charge in [-0.3, -0.25) is 19.0 Å². The molecule has 0 saturated heterocycles. The zero-order chi connectivity index (χ0) is 17.9. The first-order valence-electron chi connectivity index (χ1n) is 6.08. The number of phosphoric ester groups is 1. The fraction of sp³-hybridized carbons (Fsp3) is 0.357. The zero-order valence-corrected chi connectivity index (χ0v) is 13.9. The Bertz CT molecular complexity index is 589. The third-order valence-electron chi connectivity index (χ3n) is 2.49. The van der Waals surface area contributed by atoms with Gasteiger partial charge in [-0.2, -0.15) is 0 Å². The summed E-state index contributed by atoms with van der Waals surface area (Å²) in [4.78, 5) is 45.2. The van der Waals surface area contributed by atoms with Crippen LogP contribution >= 0.6 is 7.82 Å². The Labute approximate surface area is 128 Å². The van der Waals surface area contributed by atoms with E-state index in [4.69, 9.17) is 4.52 Å². The molecule has 22 heavy (non-hydrogen) atoms. The maximum absolute atomic E-state index is 12.1. The lowest BCUT2D eigenvalue weighted by atomic mass is 9.89. The lowest BCUT2D eigenvalue weighted by Crippen LogP contribution is -2.46. The maximum Gasteiger partial charge on any atom is 0.531 e. The molecule has 0 aliphatic rings. The molecule has 0 aromatic heterocycles. The highest BCUT2D eigenvalue weighted by Gasteiger charge is 2.49. The van der Waals surface area contributed by atoms with E-state index in [1.54, 1.807) is 0 Å². The normalized spacial score (nSPS) is 13.7. The Hall–Kier alpha value is -1.82. The summed E-state index contributed by atoms with van der Waals surface area (Å²) >= 11 is 0. The number of carbonyl (C=O) groups is 3. The van der Waals surface area contributed by atoms with Gasteiger partial charge in [-0.05, 0) is 38.8 Å². The molecule has 0 aromatic carbocycles. The van der Waals surface area contributed by atoms with Crippen LogP contribution in [0.15, 0.2) is 36.5 Å². The second-order valence-electron chi connectivity index (χ2n) is 4.97. The van der Waals surface area contributed by atoms with Crippen LogP contribution < -0.4 is 0 Å². The SMILES string of the molecule is C=C(C)C(=O)OP(=O)(O)OC(C)(C(=O)C(=C)C)C(=O)C(=C)C. The van der Waals surface area contributed by atoms with Crippen LogP contribution in [0.5, 0.6) is 0 Å². The van der Waals surface area contributed by atoms with E-state index in [-0.39, 0.29) is 16.7 Å². The first-order chi connectivity index (χ1) is 9.74. The first kappa shape index (κ1) is 20.2. The zero-order valence-electron chi connectivity index (χ0n) is 13.0. The summed E-state index contributed by atoms with van der Waals surface area (Å²) in [5.74, 6) is -3.05. The van der Waals surface area contributed by atoms with Crippen molar-refractivity contribution in [3.8, 4) is 0 Å². The molecule has 1 unspecified atom stereocenters. The van der Waals surface area contributed by atoms with Crippen molar-refractivity contribution in [3.63, 3.8) is 0 Å². The number of carbonyl (C=O) groups excluding carboxylic acids is 3. The van der Waals surface area contributed by atoms with E-state index in [0.29, 0.717) is 0 Å². The predicted octanol–water partition coefficient (Wildman–Crippen LogP) is 2.27. The highest BCUT2D eigenvalue weighted by molar-refractivity contribution is 7.48. The third kappa shape index (κ3) is 4.87. The molecule has 1 atom stereocenters. The maximum atomic E-state index is 12.1. The van der Waals surface area contributed by atoms with Crippen LogP contribution in [-0.4, -0.2) is 28.0 Å².